The monoisotopic (exact) mass is 188 g/mol. The van der Waals surface area contributed by atoms with E-state index in [-0.39, 0.29) is 0 Å². The molecule has 0 spiro atoms. The average Bonchev–Trinajstić information content (AvgIpc) is 2.17. The minimum absolute atomic E-state index is 0.517. The Morgan fingerprint density at radius 1 is 1.07 bits per heavy atom. The first kappa shape index (κ1) is 10.7. The first-order valence-electron chi connectivity index (χ1n) is 4.87. The molecule has 0 saturated heterocycles. The van der Waals surface area contributed by atoms with Crippen molar-refractivity contribution in [2.75, 3.05) is 0 Å². The van der Waals surface area contributed by atoms with Crippen molar-refractivity contribution in [2.45, 2.75) is 26.7 Å². The van der Waals surface area contributed by atoms with Crippen LogP contribution in [0.2, 0.25) is 0 Å². The predicted octanol–water partition coefficient (Wildman–Crippen LogP) is 2.94. The van der Waals surface area contributed by atoms with Crippen LogP contribution in [0.4, 0.5) is 0 Å². The molecule has 0 aromatic heterocycles. The lowest BCUT2D eigenvalue weighted by Gasteiger charge is -1.99. The lowest BCUT2D eigenvalue weighted by Crippen LogP contribution is -1.87. The standard InChI is InChI=1S/C13H16O/c1-11(2)3-4-12-5-7-13(8-6-12)9-10-14/h3,5-8,10H,4,9H2,1-2H3. The highest BCUT2D eigenvalue weighted by atomic mass is 16.1. The summed E-state index contributed by atoms with van der Waals surface area (Å²) in [4.78, 5) is 10.3. The molecule has 0 bridgehead atoms. The van der Waals surface area contributed by atoms with E-state index < -0.39 is 0 Å². The molecule has 0 amide bonds. The first-order chi connectivity index (χ1) is 6.72. The second-order valence-corrected chi connectivity index (χ2v) is 3.67. The molecule has 0 radical (unpaired) electrons. The fourth-order valence-corrected chi connectivity index (χ4v) is 1.23. The van der Waals surface area contributed by atoms with Crippen molar-refractivity contribution in [2.24, 2.45) is 0 Å². The number of carbonyl (C=O) groups excluding carboxylic acids is 1. The van der Waals surface area contributed by atoms with Crippen LogP contribution in [-0.2, 0) is 17.6 Å². The Morgan fingerprint density at radius 2 is 1.57 bits per heavy atom. The van der Waals surface area contributed by atoms with Gasteiger partial charge in [0.2, 0.25) is 0 Å². The largest absolute Gasteiger partial charge is 0.303 e. The number of hydrogen-bond acceptors (Lipinski definition) is 1. The molecular weight excluding hydrogens is 172 g/mol. The Bertz CT molecular complexity index is 316. The van der Waals surface area contributed by atoms with E-state index in [1.807, 2.05) is 12.1 Å². The van der Waals surface area contributed by atoms with Crippen LogP contribution >= 0.6 is 0 Å². The molecule has 1 aromatic carbocycles. The molecule has 0 atom stereocenters. The van der Waals surface area contributed by atoms with Crippen molar-refractivity contribution in [3.05, 3.63) is 47.0 Å². The molecule has 74 valence electrons. The molecule has 0 aliphatic heterocycles. The normalized spacial score (nSPS) is 9.57. The maximum absolute atomic E-state index is 10.3. The summed E-state index contributed by atoms with van der Waals surface area (Å²) in [5, 5.41) is 0. The summed E-state index contributed by atoms with van der Waals surface area (Å²) in [5.74, 6) is 0. The van der Waals surface area contributed by atoms with Gasteiger partial charge in [-0.05, 0) is 31.4 Å². The fourth-order valence-electron chi connectivity index (χ4n) is 1.23. The summed E-state index contributed by atoms with van der Waals surface area (Å²) in [6.45, 7) is 4.20. The number of rotatable bonds is 4. The quantitative estimate of drug-likeness (QED) is 0.524. The summed E-state index contributed by atoms with van der Waals surface area (Å²) in [6.07, 6.45) is 4.63. The topological polar surface area (TPSA) is 17.1 Å². The van der Waals surface area contributed by atoms with Crippen LogP contribution in [-0.4, -0.2) is 6.29 Å². The molecule has 0 unspecified atom stereocenters. The van der Waals surface area contributed by atoms with E-state index in [4.69, 9.17) is 0 Å². The van der Waals surface area contributed by atoms with Crippen molar-refractivity contribution in [3.8, 4) is 0 Å². The van der Waals surface area contributed by atoms with Gasteiger partial charge in [0.15, 0.2) is 0 Å². The Kier molecular flexibility index (Phi) is 4.11. The lowest BCUT2D eigenvalue weighted by atomic mass is 10.1. The maximum atomic E-state index is 10.3. The third kappa shape index (κ3) is 3.56. The van der Waals surface area contributed by atoms with Gasteiger partial charge >= 0.3 is 0 Å². The van der Waals surface area contributed by atoms with Crippen molar-refractivity contribution in [3.63, 3.8) is 0 Å². The number of carbonyl (C=O) groups is 1. The lowest BCUT2D eigenvalue weighted by molar-refractivity contribution is -0.107. The molecule has 14 heavy (non-hydrogen) atoms. The molecule has 0 fully saturated rings. The van der Waals surface area contributed by atoms with Crippen molar-refractivity contribution < 1.29 is 4.79 Å². The minimum atomic E-state index is 0.517. The van der Waals surface area contributed by atoms with Gasteiger partial charge in [-0.2, -0.15) is 0 Å². The molecule has 0 N–H and O–H groups in total. The zero-order valence-electron chi connectivity index (χ0n) is 8.79. The van der Waals surface area contributed by atoms with Crippen LogP contribution < -0.4 is 0 Å². The van der Waals surface area contributed by atoms with Crippen LogP contribution in [0.3, 0.4) is 0 Å². The number of aldehydes is 1. The van der Waals surface area contributed by atoms with Gasteiger partial charge in [-0.3, -0.25) is 0 Å². The zero-order valence-corrected chi connectivity index (χ0v) is 8.79. The highest BCUT2D eigenvalue weighted by molar-refractivity contribution is 5.54. The van der Waals surface area contributed by atoms with Crippen LogP contribution in [0.1, 0.15) is 25.0 Å². The number of benzene rings is 1. The van der Waals surface area contributed by atoms with Gasteiger partial charge < -0.3 is 4.79 Å². The van der Waals surface area contributed by atoms with E-state index in [0.717, 1.165) is 18.3 Å². The van der Waals surface area contributed by atoms with Gasteiger partial charge in [-0.25, -0.2) is 0 Å². The van der Waals surface area contributed by atoms with E-state index in [0.29, 0.717) is 6.42 Å². The summed E-state index contributed by atoms with van der Waals surface area (Å²) < 4.78 is 0. The molecular formula is C13H16O. The van der Waals surface area contributed by atoms with Gasteiger partial charge in [0.1, 0.15) is 6.29 Å². The van der Waals surface area contributed by atoms with Gasteiger partial charge in [0.05, 0.1) is 0 Å². The van der Waals surface area contributed by atoms with Crippen LogP contribution in [0.5, 0.6) is 0 Å². The Labute approximate surface area is 85.5 Å². The van der Waals surface area contributed by atoms with Crippen LogP contribution in [0.25, 0.3) is 0 Å². The Morgan fingerprint density at radius 3 is 2.00 bits per heavy atom. The average molecular weight is 188 g/mol. The zero-order chi connectivity index (χ0) is 10.4. The molecule has 1 nitrogen and oxygen atoms in total. The summed E-state index contributed by atoms with van der Waals surface area (Å²) >= 11 is 0. The first-order valence-corrected chi connectivity index (χ1v) is 4.87. The van der Waals surface area contributed by atoms with E-state index in [2.05, 4.69) is 32.1 Å². The predicted molar refractivity (Wildman–Crippen MR) is 59.3 cm³/mol. The molecule has 1 aromatic rings. The maximum Gasteiger partial charge on any atom is 0.124 e. The molecule has 0 aliphatic rings. The van der Waals surface area contributed by atoms with E-state index in [1.54, 1.807) is 0 Å². The molecule has 0 saturated carbocycles. The van der Waals surface area contributed by atoms with Crippen molar-refractivity contribution in [1.29, 1.82) is 0 Å². The molecule has 1 heteroatoms. The fraction of sp³-hybridized carbons (Fsp3) is 0.308. The second kappa shape index (κ2) is 5.38. The summed E-state index contributed by atoms with van der Waals surface area (Å²) in [7, 11) is 0. The van der Waals surface area contributed by atoms with E-state index >= 15 is 0 Å². The SMILES string of the molecule is CC(C)=CCc1ccc(CC=O)cc1. The Hall–Kier alpha value is -1.37. The van der Waals surface area contributed by atoms with Crippen LogP contribution in [0, 0.1) is 0 Å². The highest BCUT2D eigenvalue weighted by Gasteiger charge is 1.92. The van der Waals surface area contributed by atoms with Crippen molar-refractivity contribution in [1.82, 2.24) is 0 Å². The third-order valence-corrected chi connectivity index (χ3v) is 2.09. The van der Waals surface area contributed by atoms with E-state index in [1.165, 1.54) is 11.1 Å². The smallest absolute Gasteiger partial charge is 0.124 e. The summed E-state index contributed by atoms with van der Waals surface area (Å²) in [5.41, 5.74) is 3.71. The number of allylic oxidation sites excluding steroid dienone is 2. The molecule has 1 rings (SSSR count). The van der Waals surface area contributed by atoms with Crippen LogP contribution in [0.15, 0.2) is 35.9 Å². The molecule has 0 heterocycles. The van der Waals surface area contributed by atoms with Gasteiger partial charge in [0.25, 0.3) is 0 Å². The number of hydrogen-bond donors (Lipinski definition) is 0. The van der Waals surface area contributed by atoms with Gasteiger partial charge in [0, 0.05) is 6.42 Å². The minimum Gasteiger partial charge on any atom is -0.303 e. The van der Waals surface area contributed by atoms with Gasteiger partial charge in [-0.15, -0.1) is 0 Å². The highest BCUT2D eigenvalue weighted by Crippen LogP contribution is 2.06. The third-order valence-electron chi connectivity index (χ3n) is 2.09. The second-order valence-electron chi connectivity index (χ2n) is 3.67. The van der Waals surface area contributed by atoms with Crippen molar-refractivity contribution >= 4 is 6.29 Å². The summed E-state index contributed by atoms with van der Waals surface area (Å²) in [6, 6.07) is 8.20. The van der Waals surface area contributed by atoms with Gasteiger partial charge in [-0.1, -0.05) is 35.9 Å². The van der Waals surface area contributed by atoms with E-state index in [9.17, 15) is 4.79 Å². The Balaban J connectivity index is 2.63. The molecule has 0 aliphatic carbocycles.